The average molecular weight is 577 g/mol. The van der Waals surface area contributed by atoms with Crippen molar-refractivity contribution in [1.82, 2.24) is 15.5 Å². The zero-order valence-electron chi connectivity index (χ0n) is 23.3. The van der Waals surface area contributed by atoms with Crippen LogP contribution >= 0.6 is 0 Å². The largest absolute Gasteiger partial charge is 0.377 e. The maximum Gasteiger partial charge on any atom is 0.255 e. The molecule has 2 fully saturated rings. The Morgan fingerprint density at radius 1 is 0.878 bits per heavy atom. The molecule has 0 spiro atoms. The maximum atomic E-state index is 12.9. The molecule has 3 aliphatic heterocycles. The minimum Gasteiger partial charge on any atom is -0.377 e. The topological polar surface area (TPSA) is 154 Å². The number of ether oxygens (including phenoxy) is 5. The van der Waals surface area contributed by atoms with Gasteiger partial charge in [0, 0.05) is 29.8 Å². The maximum absolute atomic E-state index is 12.9. The fourth-order valence-corrected chi connectivity index (χ4v) is 4.95. The molecule has 13 heteroatoms. The number of anilines is 1. The van der Waals surface area contributed by atoms with Gasteiger partial charge in [-0.1, -0.05) is 6.07 Å². The quantitative estimate of drug-likeness (QED) is 0.173. The van der Waals surface area contributed by atoms with Crippen LogP contribution in [0, 0.1) is 0 Å². The minimum atomic E-state index is -0.715. The van der Waals surface area contributed by atoms with Crippen LogP contribution in [0.2, 0.25) is 0 Å². The number of fused-ring (bicyclic) bond motifs is 1. The van der Waals surface area contributed by atoms with Gasteiger partial charge in [-0.25, -0.2) is 0 Å². The van der Waals surface area contributed by atoms with Gasteiger partial charge < -0.3 is 39.2 Å². The lowest BCUT2D eigenvalue weighted by Gasteiger charge is -2.29. The molecule has 1 unspecified atom stereocenters. The molecule has 3 N–H and O–H groups in total. The van der Waals surface area contributed by atoms with E-state index >= 15 is 0 Å². The summed E-state index contributed by atoms with van der Waals surface area (Å²) < 4.78 is 27.6. The summed E-state index contributed by atoms with van der Waals surface area (Å²) in [4.78, 5) is 50.5. The van der Waals surface area contributed by atoms with Gasteiger partial charge in [-0.2, -0.15) is 0 Å². The minimum absolute atomic E-state index is 0.173. The Bertz CT molecular complexity index is 1050. The van der Waals surface area contributed by atoms with Crippen molar-refractivity contribution in [2.24, 2.45) is 0 Å². The first-order valence-electron chi connectivity index (χ1n) is 14.2. The predicted octanol–water partition coefficient (Wildman–Crippen LogP) is 0.221. The summed E-state index contributed by atoms with van der Waals surface area (Å²) in [5.41, 5.74) is 1.55. The number of amides is 4. The molecule has 1 aromatic carbocycles. The third kappa shape index (κ3) is 9.55. The first-order valence-corrected chi connectivity index (χ1v) is 14.2. The van der Waals surface area contributed by atoms with E-state index in [0.717, 1.165) is 25.9 Å². The highest BCUT2D eigenvalue weighted by Gasteiger charge is 2.39. The zero-order chi connectivity index (χ0) is 28.9. The number of benzene rings is 1. The van der Waals surface area contributed by atoms with Crippen LogP contribution in [0.15, 0.2) is 18.2 Å². The fourth-order valence-electron chi connectivity index (χ4n) is 4.95. The van der Waals surface area contributed by atoms with Crippen LogP contribution in [-0.4, -0.2) is 113 Å². The molecular weight excluding hydrogens is 536 g/mol. The number of piperidine rings is 2. The van der Waals surface area contributed by atoms with Gasteiger partial charge in [-0.05, 0) is 44.5 Å². The number of nitrogens with zero attached hydrogens (tertiary/aromatic N) is 1. The highest BCUT2D eigenvalue weighted by atomic mass is 16.6. The van der Waals surface area contributed by atoms with Crippen LogP contribution in [0.5, 0.6) is 0 Å². The number of nitrogens with one attached hydrogen (secondary N) is 3. The number of carbonyl (C=O) groups excluding carboxylic acids is 4. The van der Waals surface area contributed by atoms with E-state index in [-0.39, 0.29) is 50.3 Å². The number of hydrogen-bond donors (Lipinski definition) is 3. The van der Waals surface area contributed by atoms with E-state index in [9.17, 15) is 19.2 Å². The van der Waals surface area contributed by atoms with E-state index in [0.29, 0.717) is 69.2 Å². The van der Waals surface area contributed by atoms with E-state index in [2.05, 4.69) is 16.0 Å². The molecular formula is C28H40N4O9. The van der Waals surface area contributed by atoms with E-state index < -0.39 is 11.9 Å². The number of hydrogen-bond acceptors (Lipinski definition) is 10. The Balaban J connectivity index is 1.02. The Morgan fingerprint density at radius 2 is 1.54 bits per heavy atom. The Morgan fingerprint density at radius 3 is 2.22 bits per heavy atom. The van der Waals surface area contributed by atoms with Crippen LogP contribution in [0.25, 0.3) is 0 Å². The molecule has 1 atom stereocenters. The van der Waals surface area contributed by atoms with Crippen LogP contribution in [0.4, 0.5) is 5.69 Å². The second-order valence-corrected chi connectivity index (χ2v) is 9.99. The van der Waals surface area contributed by atoms with Gasteiger partial charge in [0.25, 0.3) is 5.91 Å². The molecule has 0 bridgehead atoms. The predicted molar refractivity (Wildman–Crippen MR) is 146 cm³/mol. The number of carbonyl (C=O) groups is 4. The fraction of sp³-hybridized carbons (Fsp3) is 0.643. The molecule has 0 aliphatic carbocycles. The van der Waals surface area contributed by atoms with Crippen molar-refractivity contribution in [3.05, 3.63) is 29.3 Å². The van der Waals surface area contributed by atoms with Crippen molar-refractivity contribution in [3.63, 3.8) is 0 Å². The van der Waals surface area contributed by atoms with Crippen LogP contribution < -0.4 is 16.0 Å². The van der Waals surface area contributed by atoms with Crippen LogP contribution in [0.1, 0.15) is 41.6 Å². The van der Waals surface area contributed by atoms with Crippen molar-refractivity contribution in [1.29, 1.82) is 0 Å². The molecule has 4 rings (SSSR count). The summed E-state index contributed by atoms with van der Waals surface area (Å²) in [6.45, 7) is 5.56. The summed E-state index contributed by atoms with van der Waals surface area (Å²) in [5, 5.41) is 8.38. The molecule has 0 radical (unpaired) electrons. The van der Waals surface area contributed by atoms with Gasteiger partial charge >= 0.3 is 0 Å². The van der Waals surface area contributed by atoms with Gasteiger partial charge in [0.2, 0.25) is 17.7 Å². The van der Waals surface area contributed by atoms with E-state index in [4.69, 9.17) is 23.7 Å². The highest BCUT2D eigenvalue weighted by Crippen LogP contribution is 2.32. The molecule has 41 heavy (non-hydrogen) atoms. The molecule has 3 heterocycles. The van der Waals surface area contributed by atoms with E-state index in [1.54, 1.807) is 18.2 Å². The van der Waals surface area contributed by atoms with E-state index in [1.807, 2.05) is 0 Å². The molecule has 4 amide bonds. The van der Waals surface area contributed by atoms with Crippen molar-refractivity contribution >= 4 is 29.3 Å². The second-order valence-electron chi connectivity index (χ2n) is 9.99. The Labute approximate surface area is 239 Å². The molecule has 226 valence electrons. The monoisotopic (exact) mass is 576 g/mol. The van der Waals surface area contributed by atoms with Crippen molar-refractivity contribution < 1.29 is 42.9 Å². The van der Waals surface area contributed by atoms with Crippen LogP contribution in [0.3, 0.4) is 0 Å². The van der Waals surface area contributed by atoms with Gasteiger partial charge in [0.15, 0.2) is 0 Å². The number of rotatable bonds is 17. The lowest BCUT2D eigenvalue weighted by Crippen LogP contribution is -2.52. The van der Waals surface area contributed by atoms with Gasteiger partial charge in [0.1, 0.15) is 12.6 Å². The lowest BCUT2D eigenvalue weighted by atomic mass is 10.0. The standard InChI is InChI=1S/C28H40N4O9/c33-25-5-4-24(27(35)31-25)32-18-22-21(28(32)36)2-1-3-23(22)30-26(34)19-40-15-14-38-11-10-37-12-13-39-16-17-41-20-6-8-29-9-7-20/h1-3,20,24,29H,4-19H2,(H,30,34)(H,31,33,35). The first kappa shape index (κ1) is 31.0. The van der Waals surface area contributed by atoms with E-state index in [1.165, 1.54) is 4.90 Å². The Hall–Kier alpha value is -2.94. The van der Waals surface area contributed by atoms with Crippen molar-refractivity contribution in [2.45, 2.75) is 44.4 Å². The second kappa shape index (κ2) is 16.5. The number of imide groups is 1. The van der Waals surface area contributed by atoms with Crippen LogP contribution in [-0.2, 0) is 44.6 Å². The summed E-state index contributed by atoms with van der Waals surface area (Å²) in [6, 6.07) is 4.33. The first-order chi connectivity index (χ1) is 20.0. The summed E-state index contributed by atoms with van der Waals surface area (Å²) in [7, 11) is 0. The van der Waals surface area contributed by atoms with Crippen molar-refractivity contribution in [2.75, 3.05) is 77.9 Å². The smallest absolute Gasteiger partial charge is 0.255 e. The summed E-state index contributed by atoms with van der Waals surface area (Å²) >= 11 is 0. The molecule has 0 aromatic heterocycles. The molecule has 3 aliphatic rings. The molecule has 1 aromatic rings. The molecule has 13 nitrogen and oxygen atoms in total. The third-order valence-electron chi connectivity index (χ3n) is 7.07. The average Bonchev–Trinajstić information content (AvgIpc) is 3.30. The lowest BCUT2D eigenvalue weighted by molar-refractivity contribution is -0.137. The zero-order valence-corrected chi connectivity index (χ0v) is 23.3. The Kier molecular flexibility index (Phi) is 12.5. The SMILES string of the molecule is O=C1CCC(N2Cc3c(NC(=O)COCCOCCOCCOCCOC4CCNCC4)cccc3C2=O)C(=O)N1. The normalized spacial score (nSPS) is 19.4. The van der Waals surface area contributed by atoms with Gasteiger partial charge in [-0.3, -0.25) is 24.5 Å². The molecule has 2 saturated heterocycles. The van der Waals surface area contributed by atoms with Crippen molar-refractivity contribution in [3.8, 4) is 0 Å². The van der Waals surface area contributed by atoms with Gasteiger partial charge in [0.05, 0.1) is 59.0 Å². The summed E-state index contributed by atoms with van der Waals surface area (Å²) in [6.07, 6.45) is 2.89. The third-order valence-corrected chi connectivity index (χ3v) is 7.07. The molecule has 0 saturated carbocycles. The van der Waals surface area contributed by atoms with Gasteiger partial charge in [-0.15, -0.1) is 0 Å². The summed E-state index contributed by atoms with van der Waals surface area (Å²) in [5.74, 6) is -1.48. The highest BCUT2D eigenvalue weighted by molar-refractivity contribution is 6.06.